The molecule has 1 aromatic carbocycles. The third-order valence-corrected chi connectivity index (χ3v) is 2.53. The van der Waals surface area contributed by atoms with E-state index in [4.69, 9.17) is 26.8 Å². The van der Waals surface area contributed by atoms with Gasteiger partial charge in [0.15, 0.2) is 6.61 Å². The molecule has 0 aromatic heterocycles. The first-order valence-corrected chi connectivity index (χ1v) is 6.31. The van der Waals surface area contributed by atoms with Crippen molar-refractivity contribution in [2.45, 2.75) is 13.0 Å². The third-order valence-electron chi connectivity index (χ3n) is 2.31. The van der Waals surface area contributed by atoms with Crippen LogP contribution in [0, 0.1) is 0 Å². The Balaban J connectivity index is 2.48. The highest BCUT2D eigenvalue weighted by Crippen LogP contribution is 2.17. The molecule has 0 saturated heterocycles. The largest absolute Gasteiger partial charge is 0.452 e. The van der Waals surface area contributed by atoms with E-state index in [0.29, 0.717) is 17.3 Å². The summed E-state index contributed by atoms with van der Waals surface area (Å²) in [5.41, 5.74) is 6.12. The Hall–Kier alpha value is -1.79. The Morgan fingerprint density at radius 2 is 2.10 bits per heavy atom. The second-order valence-electron chi connectivity index (χ2n) is 4.27. The molecule has 0 fully saturated rings. The van der Waals surface area contributed by atoms with Crippen LogP contribution in [-0.2, 0) is 14.3 Å². The van der Waals surface area contributed by atoms with Crippen molar-refractivity contribution in [3.63, 3.8) is 0 Å². The fraction of sp³-hybridized carbons (Fsp3) is 0.385. The standard InChI is InChI=1S/C13H17ClN2O4/c1-8(6-19-2)16-12(17)7-20-13(18)9-3-10(14)5-11(15)4-9/h3-5,8H,6-7,15H2,1-2H3,(H,16,17). The number of halogens is 1. The minimum absolute atomic E-state index is 0.159. The van der Waals surface area contributed by atoms with Gasteiger partial charge in [-0.2, -0.15) is 0 Å². The molecule has 0 aliphatic rings. The number of carbonyl (C=O) groups excluding carboxylic acids is 2. The Morgan fingerprint density at radius 1 is 1.40 bits per heavy atom. The van der Waals surface area contributed by atoms with Crippen molar-refractivity contribution in [1.82, 2.24) is 5.32 Å². The molecular formula is C13H17ClN2O4. The molecule has 1 aromatic rings. The first kappa shape index (κ1) is 16.3. The molecule has 1 rings (SSSR count). The van der Waals surface area contributed by atoms with E-state index in [1.807, 2.05) is 0 Å². The summed E-state index contributed by atoms with van der Waals surface area (Å²) in [5, 5.41) is 2.95. The van der Waals surface area contributed by atoms with Gasteiger partial charge in [0.2, 0.25) is 0 Å². The first-order valence-electron chi connectivity index (χ1n) is 5.94. The second kappa shape index (κ2) is 7.72. The molecule has 1 atom stereocenters. The predicted octanol–water partition coefficient (Wildman–Crippen LogP) is 1.23. The van der Waals surface area contributed by atoms with Gasteiger partial charge in [0.25, 0.3) is 5.91 Å². The summed E-state index contributed by atoms with van der Waals surface area (Å²) in [7, 11) is 1.53. The molecule has 0 heterocycles. The van der Waals surface area contributed by atoms with Gasteiger partial charge < -0.3 is 20.5 Å². The van der Waals surface area contributed by atoms with Gasteiger partial charge in [-0.25, -0.2) is 4.79 Å². The van der Waals surface area contributed by atoms with Crippen LogP contribution in [0.5, 0.6) is 0 Å². The Morgan fingerprint density at radius 3 is 2.70 bits per heavy atom. The number of nitrogens with two attached hydrogens (primary N) is 1. The van der Waals surface area contributed by atoms with Crippen LogP contribution in [0.2, 0.25) is 5.02 Å². The van der Waals surface area contributed by atoms with Crippen LogP contribution in [0.1, 0.15) is 17.3 Å². The SMILES string of the molecule is COCC(C)NC(=O)COC(=O)c1cc(N)cc(Cl)c1. The Labute approximate surface area is 122 Å². The van der Waals surface area contributed by atoms with Crippen LogP contribution in [0.4, 0.5) is 5.69 Å². The van der Waals surface area contributed by atoms with Crippen LogP contribution in [0.15, 0.2) is 18.2 Å². The third kappa shape index (κ3) is 5.46. The highest BCUT2D eigenvalue weighted by Gasteiger charge is 2.13. The van der Waals surface area contributed by atoms with E-state index < -0.39 is 11.9 Å². The van der Waals surface area contributed by atoms with Crippen molar-refractivity contribution in [3.8, 4) is 0 Å². The minimum Gasteiger partial charge on any atom is -0.452 e. The normalized spacial score (nSPS) is 11.8. The molecule has 1 amide bonds. The maximum Gasteiger partial charge on any atom is 0.338 e. The van der Waals surface area contributed by atoms with Crippen molar-refractivity contribution in [2.75, 3.05) is 26.1 Å². The topological polar surface area (TPSA) is 90.6 Å². The van der Waals surface area contributed by atoms with E-state index in [1.165, 1.54) is 25.3 Å². The van der Waals surface area contributed by atoms with E-state index in [1.54, 1.807) is 6.92 Å². The van der Waals surface area contributed by atoms with Gasteiger partial charge in [0, 0.05) is 23.9 Å². The molecule has 7 heteroatoms. The zero-order valence-corrected chi connectivity index (χ0v) is 12.1. The lowest BCUT2D eigenvalue weighted by Crippen LogP contribution is -2.38. The van der Waals surface area contributed by atoms with Crippen LogP contribution < -0.4 is 11.1 Å². The first-order chi connectivity index (χ1) is 9.42. The molecule has 1 unspecified atom stereocenters. The van der Waals surface area contributed by atoms with Gasteiger partial charge in [-0.15, -0.1) is 0 Å². The number of ether oxygens (including phenoxy) is 2. The van der Waals surface area contributed by atoms with Gasteiger partial charge in [0.05, 0.1) is 12.2 Å². The van der Waals surface area contributed by atoms with Crippen molar-refractivity contribution in [3.05, 3.63) is 28.8 Å². The zero-order chi connectivity index (χ0) is 15.1. The number of nitrogen functional groups attached to an aromatic ring is 1. The molecule has 110 valence electrons. The molecule has 6 nitrogen and oxygen atoms in total. The molecule has 0 aliphatic heterocycles. The van der Waals surface area contributed by atoms with Crippen molar-refractivity contribution < 1.29 is 19.1 Å². The molecule has 20 heavy (non-hydrogen) atoms. The monoisotopic (exact) mass is 300 g/mol. The number of nitrogens with one attached hydrogen (secondary N) is 1. The molecule has 0 aliphatic carbocycles. The van der Waals surface area contributed by atoms with Gasteiger partial charge in [-0.1, -0.05) is 11.6 Å². The van der Waals surface area contributed by atoms with Crippen molar-refractivity contribution >= 4 is 29.2 Å². The number of benzene rings is 1. The molecule has 0 bridgehead atoms. The van der Waals surface area contributed by atoms with Crippen molar-refractivity contribution in [2.24, 2.45) is 0 Å². The quantitative estimate of drug-likeness (QED) is 0.609. The number of hydrogen-bond donors (Lipinski definition) is 2. The average molecular weight is 301 g/mol. The number of esters is 1. The summed E-state index contributed by atoms with van der Waals surface area (Å²) in [4.78, 5) is 23.2. The summed E-state index contributed by atoms with van der Waals surface area (Å²) in [6.45, 7) is 1.78. The molecular weight excluding hydrogens is 284 g/mol. The van der Waals surface area contributed by atoms with E-state index in [2.05, 4.69) is 5.32 Å². The summed E-state index contributed by atoms with van der Waals surface area (Å²) >= 11 is 5.78. The Bertz CT molecular complexity index is 473. The zero-order valence-electron chi connectivity index (χ0n) is 11.3. The van der Waals surface area contributed by atoms with Gasteiger partial charge in [0.1, 0.15) is 0 Å². The maximum atomic E-state index is 11.7. The molecule has 0 saturated carbocycles. The number of rotatable bonds is 6. The van der Waals surface area contributed by atoms with E-state index in [9.17, 15) is 9.59 Å². The van der Waals surface area contributed by atoms with Crippen LogP contribution in [-0.4, -0.2) is 38.2 Å². The van der Waals surface area contributed by atoms with E-state index >= 15 is 0 Å². The number of anilines is 1. The number of carbonyl (C=O) groups is 2. The lowest BCUT2D eigenvalue weighted by atomic mass is 10.2. The Kier molecular flexibility index (Phi) is 6.27. The van der Waals surface area contributed by atoms with Crippen LogP contribution >= 0.6 is 11.6 Å². The summed E-state index contributed by atoms with van der Waals surface area (Å²) in [6.07, 6.45) is 0. The van der Waals surface area contributed by atoms with E-state index in [-0.39, 0.29) is 18.2 Å². The smallest absolute Gasteiger partial charge is 0.338 e. The lowest BCUT2D eigenvalue weighted by Gasteiger charge is -2.12. The van der Waals surface area contributed by atoms with E-state index in [0.717, 1.165) is 0 Å². The number of hydrogen-bond acceptors (Lipinski definition) is 5. The average Bonchev–Trinajstić information content (AvgIpc) is 2.35. The second-order valence-corrected chi connectivity index (χ2v) is 4.71. The summed E-state index contributed by atoms with van der Waals surface area (Å²) < 4.78 is 9.75. The molecule has 0 spiro atoms. The molecule has 0 radical (unpaired) electrons. The number of amides is 1. The van der Waals surface area contributed by atoms with Crippen LogP contribution in [0.25, 0.3) is 0 Å². The summed E-state index contributed by atoms with van der Waals surface area (Å²) in [5.74, 6) is -1.06. The number of methoxy groups -OCH3 is 1. The summed E-state index contributed by atoms with van der Waals surface area (Å²) in [6, 6.07) is 4.20. The van der Waals surface area contributed by atoms with Gasteiger partial charge in [-0.3, -0.25) is 4.79 Å². The predicted molar refractivity (Wildman–Crippen MR) is 75.6 cm³/mol. The van der Waals surface area contributed by atoms with Crippen molar-refractivity contribution in [1.29, 1.82) is 0 Å². The highest BCUT2D eigenvalue weighted by molar-refractivity contribution is 6.31. The maximum absolute atomic E-state index is 11.7. The fourth-order valence-electron chi connectivity index (χ4n) is 1.55. The fourth-order valence-corrected chi connectivity index (χ4v) is 1.80. The highest BCUT2D eigenvalue weighted by atomic mass is 35.5. The van der Waals surface area contributed by atoms with Crippen LogP contribution in [0.3, 0.4) is 0 Å². The lowest BCUT2D eigenvalue weighted by molar-refractivity contribution is -0.125. The minimum atomic E-state index is -0.659. The van der Waals surface area contributed by atoms with Gasteiger partial charge >= 0.3 is 5.97 Å². The van der Waals surface area contributed by atoms with Gasteiger partial charge in [-0.05, 0) is 25.1 Å². The molecule has 3 N–H and O–H groups in total.